The van der Waals surface area contributed by atoms with Gasteiger partial charge in [0.1, 0.15) is 5.75 Å². The van der Waals surface area contributed by atoms with Gasteiger partial charge in [-0.05, 0) is 49.1 Å². The molecular formula is C22H24N2O4. The third-order valence-electron chi connectivity index (χ3n) is 4.83. The van der Waals surface area contributed by atoms with Crippen molar-refractivity contribution in [3.05, 3.63) is 65.7 Å². The molecule has 0 atom stereocenters. The Morgan fingerprint density at radius 3 is 2.36 bits per heavy atom. The molecule has 1 heterocycles. The highest BCUT2D eigenvalue weighted by atomic mass is 16.5. The first-order chi connectivity index (χ1) is 13.5. The molecule has 2 amide bonds. The Balaban J connectivity index is 1.47. The number of esters is 1. The highest BCUT2D eigenvalue weighted by molar-refractivity contribution is 5.95. The summed E-state index contributed by atoms with van der Waals surface area (Å²) in [5.41, 5.74) is 1.16. The van der Waals surface area contributed by atoms with Crippen LogP contribution in [0.5, 0.6) is 5.75 Å². The zero-order valence-electron chi connectivity index (χ0n) is 15.9. The summed E-state index contributed by atoms with van der Waals surface area (Å²) in [6.07, 6.45) is 1.71. The van der Waals surface area contributed by atoms with E-state index in [9.17, 15) is 14.4 Å². The van der Waals surface area contributed by atoms with Crippen LogP contribution in [0.4, 0.5) is 0 Å². The molecule has 1 aliphatic rings. The number of rotatable bonds is 5. The second-order valence-electron chi connectivity index (χ2n) is 6.93. The molecule has 0 unspecified atom stereocenters. The van der Waals surface area contributed by atoms with Crippen LogP contribution in [-0.4, -0.2) is 42.3 Å². The minimum Gasteiger partial charge on any atom is -0.427 e. The van der Waals surface area contributed by atoms with Gasteiger partial charge < -0.3 is 15.0 Å². The van der Waals surface area contributed by atoms with Crippen LogP contribution in [0.25, 0.3) is 0 Å². The Morgan fingerprint density at radius 2 is 1.68 bits per heavy atom. The Morgan fingerprint density at radius 1 is 1.00 bits per heavy atom. The average Bonchev–Trinajstić information content (AvgIpc) is 2.72. The number of hydrogen-bond acceptors (Lipinski definition) is 4. The highest BCUT2D eigenvalue weighted by Gasteiger charge is 2.24. The van der Waals surface area contributed by atoms with Crippen LogP contribution in [0, 0.1) is 5.92 Å². The number of amides is 2. The second kappa shape index (κ2) is 9.17. The van der Waals surface area contributed by atoms with Gasteiger partial charge in [-0.25, -0.2) is 0 Å². The molecule has 2 aromatic rings. The van der Waals surface area contributed by atoms with Crippen LogP contribution < -0.4 is 10.1 Å². The quantitative estimate of drug-likeness (QED) is 0.639. The maximum absolute atomic E-state index is 12.5. The van der Waals surface area contributed by atoms with Gasteiger partial charge in [0.15, 0.2) is 0 Å². The first-order valence-corrected chi connectivity index (χ1v) is 9.44. The maximum atomic E-state index is 12.5. The number of carbonyl (C=O) groups is 3. The lowest BCUT2D eigenvalue weighted by molar-refractivity contribution is -0.131. The standard InChI is InChI=1S/C22H24N2O4/c1-16(25)28-20-9-5-8-19(14-20)21(26)23-15-17-10-12-24(13-11-17)22(27)18-6-3-2-4-7-18/h2-9,14,17H,10-13,15H2,1H3,(H,23,26). The van der Waals surface area contributed by atoms with Crippen molar-refractivity contribution in [2.75, 3.05) is 19.6 Å². The van der Waals surface area contributed by atoms with Crippen molar-refractivity contribution in [3.8, 4) is 5.75 Å². The van der Waals surface area contributed by atoms with Crippen LogP contribution in [0.15, 0.2) is 54.6 Å². The summed E-state index contributed by atoms with van der Waals surface area (Å²) in [6, 6.07) is 15.8. The average molecular weight is 380 g/mol. The van der Waals surface area contributed by atoms with Gasteiger partial charge in [0.25, 0.3) is 11.8 Å². The lowest BCUT2D eigenvalue weighted by Gasteiger charge is -2.32. The van der Waals surface area contributed by atoms with E-state index in [0.717, 1.165) is 12.8 Å². The van der Waals surface area contributed by atoms with Gasteiger partial charge >= 0.3 is 5.97 Å². The summed E-state index contributed by atoms with van der Waals surface area (Å²) >= 11 is 0. The molecule has 0 saturated carbocycles. The Bertz CT molecular complexity index is 843. The molecule has 1 saturated heterocycles. The minimum absolute atomic E-state index is 0.0605. The Kier molecular flexibility index (Phi) is 6.42. The summed E-state index contributed by atoms with van der Waals surface area (Å²) < 4.78 is 5.01. The van der Waals surface area contributed by atoms with Gasteiger partial charge in [-0.2, -0.15) is 0 Å². The van der Waals surface area contributed by atoms with Crippen molar-refractivity contribution in [1.82, 2.24) is 10.2 Å². The van der Waals surface area contributed by atoms with E-state index in [0.29, 0.717) is 42.4 Å². The van der Waals surface area contributed by atoms with Crippen molar-refractivity contribution in [1.29, 1.82) is 0 Å². The summed E-state index contributed by atoms with van der Waals surface area (Å²) in [6.45, 7) is 3.26. The summed E-state index contributed by atoms with van der Waals surface area (Å²) in [5.74, 6) is 0.129. The van der Waals surface area contributed by atoms with Crippen molar-refractivity contribution >= 4 is 17.8 Å². The predicted octanol–water partition coefficient (Wildman–Crippen LogP) is 2.89. The van der Waals surface area contributed by atoms with Crippen LogP contribution in [0.1, 0.15) is 40.5 Å². The number of nitrogens with zero attached hydrogens (tertiary/aromatic N) is 1. The van der Waals surface area contributed by atoms with E-state index in [4.69, 9.17) is 4.74 Å². The fourth-order valence-electron chi connectivity index (χ4n) is 3.31. The van der Waals surface area contributed by atoms with Gasteiger partial charge in [-0.3, -0.25) is 14.4 Å². The molecule has 3 rings (SSSR count). The van der Waals surface area contributed by atoms with E-state index in [1.165, 1.54) is 6.92 Å². The number of hydrogen-bond donors (Lipinski definition) is 1. The van der Waals surface area contributed by atoms with E-state index in [-0.39, 0.29) is 11.8 Å². The maximum Gasteiger partial charge on any atom is 0.308 e. The fourth-order valence-corrected chi connectivity index (χ4v) is 3.31. The van der Waals surface area contributed by atoms with Gasteiger partial charge in [0.05, 0.1) is 0 Å². The zero-order valence-corrected chi connectivity index (χ0v) is 15.9. The Hall–Kier alpha value is -3.15. The lowest BCUT2D eigenvalue weighted by atomic mass is 9.96. The smallest absolute Gasteiger partial charge is 0.308 e. The van der Waals surface area contributed by atoms with Crippen molar-refractivity contribution in [2.45, 2.75) is 19.8 Å². The number of piperidine rings is 1. The molecule has 6 nitrogen and oxygen atoms in total. The number of nitrogens with one attached hydrogen (secondary N) is 1. The summed E-state index contributed by atoms with van der Waals surface area (Å²) in [7, 11) is 0. The molecule has 0 aromatic heterocycles. The molecular weight excluding hydrogens is 356 g/mol. The zero-order chi connectivity index (χ0) is 19.9. The van der Waals surface area contributed by atoms with Gasteiger partial charge in [0, 0.05) is 37.7 Å². The molecule has 1 fully saturated rings. The van der Waals surface area contributed by atoms with Crippen molar-refractivity contribution in [3.63, 3.8) is 0 Å². The molecule has 6 heteroatoms. The van der Waals surface area contributed by atoms with Crippen molar-refractivity contribution in [2.24, 2.45) is 5.92 Å². The summed E-state index contributed by atoms with van der Waals surface area (Å²) in [5, 5.41) is 2.94. The molecule has 28 heavy (non-hydrogen) atoms. The van der Waals surface area contributed by atoms with E-state index in [1.807, 2.05) is 35.2 Å². The van der Waals surface area contributed by atoms with E-state index in [1.54, 1.807) is 24.3 Å². The number of ether oxygens (including phenoxy) is 1. The van der Waals surface area contributed by atoms with Crippen LogP contribution in [0.2, 0.25) is 0 Å². The molecule has 2 aromatic carbocycles. The molecule has 1 aliphatic heterocycles. The molecule has 0 radical (unpaired) electrons. The topological polar surface area (TPSA) is 75.7 Å². The molecule has 0 spiro atoms. The third kappa shape index (κ3) is 5.19. The predicted molar refractivity (Wildman–Crippen MR) is 105 cm³/mol. The third-order valence-corrected chi connectivity index (χ3v) is 4.83. The van der Waals surface area contributed by atoms with Crippen LogP contribution in [0.3, 0.4) is 0 Å². The highest BCUT2D eigenvalue weighted by Crippen LogP contribution is 2.19. The number of likely N-dealkylation sites (tertiary alicyclic amines) is 1. The largest absolute Gasteiger partial charge is 0.427 e. The second-order valence-corrected chi connectivity index (χ2v) is 6.93. The SMILES string of the molecule is CC(=O)Oc1cccc(C(=O)NCC2CCN(C(=O)c3ccccc3)CC2)c1. The summed E-state index contributed by atoms with van der Waals surface area (Å²) in [4.78, 5) is 37.8. The first kappa shape index (κ1) is 19.6. The molecule has 146 valence electrons. The lowest BCUT2D eigenvalue weighted by Crippen LogP contribution is -2.41. The van der Waals surface area contributed by atoms with Gasteiger partial charge in [-0.15, -0.1) is 0 Å². The number of benzene rings is 2. The van der Waals surface area contributed by atoms with E-state index >= 15 is 0 Å². The van der Waals surface area contributed by atoms with Gasteiger partial charge in [-0.1, -0.05) is 24.3 Å². The molecule has 1 N–H and O–H groups in total. The van der Waals surface area contributed by atoms with Crippen LogP contribution in [-0.2, 0) is 4.79 Å². The molecule has 0 bridgehead atoms. The fraction of sp³-hybridized carbons (Fsp3) is 0.318. The minimum atomic E-state index is -0.422. The Labute approximate surface area is 164 Å². The van der Waals surface area contributed by atoms with E-state index < -0.39 is 5.97 Å². The van der Waals surface area contributed by atoms with E-state index in [2.05, 4.69) is 5.32 Å². The molecule has 0 aliphatic carbocycles. The van der Waals surface area contributed by atoms with Gasteiger partial charge in [0.2, 0.25) is 0 Å². The van der Waals surface area contributed by atoms with Crippen molar-refractivity contribution < 1.29 is 19.1 Å². The van der Waals surface area contributed by atoms with Crippen LogP contribution >= 0.6 is 0 Å². The normalized spacial score (nSPS) is 14.4. The monoisotopic (exact) mass is 380 g/mol. The first-order valence-electron chi connectivity index (χ1n) is 9.44. The number of carbonyl (C=O) groups excluding carboxylic acids is 3.